The molecule has 0 aliphatic heterocycles. The summed E-state index contributed by atoms with van der Waals surface area (Å²) >= 11 is 9.15. The zero-order valence-electron chi connectivity index (χ0n) is 6.80. The van der Waals surface area contributed by atoms with Crippen molar-refractivity contribution in [2.75, 3.05) is 0 Å². The molecule has 0 heterocycles. The average molecular weight is 260 g/mol. The molecule has 0 bridgehead atoms. The van der Waals surface area contributed by atoms with Crippen LogP contribution in [0.5, 0.6) is 0 Å². The molecule has 0 aliphatic rings. The molecule has 0 saturated carbocycles. The molecule has 0 aromatic heterocycles. The van der Waals surface area contributed by atoms with Crippen molar-refractivity contribution < 1.29 is 0 Å². The van der Waals surface area contributed by atoms with Crippen LogP contribution in [0.25, 0.3) is 0 Å². The van der Waals surface area contributed by atoms with Crippen molar-refractivity contribution in [3.63, 3.8) is 0 Å². The van der Waals surface area contributed by atoms with Crippen molar-refractivity contribution in [3.05, 3.63) is 33.3 Å². The summed E-state index contributed by atoms with van der Waals surface area (Å²) in [5.74, 6) is 0. The van der Waals surface area contributed by atoms with Crippen LogP contribution < -0.4 is 5.73 Å². The fourth-order valence-corrected chi connectivity index (χ4v) is 1.39. The Labute approximate surface area is 90.4 Å². The Morgan fingerprint density at radius 2 is 2.31 bits per heavy atom. The van der Waals surface area contributed by atoms with E-state index in [4.69, 9.17) is 22.6 Å². The maximum Gasteiger partial charge on any atom is 0.0641 e. The maximum absolute atomic E-state index is 8.45. The molecule has 4 heteroatoms. The van der Waals surface area contributed by atoms with Crippen LogP contribution in [0.15, 0.2) is 22.7 Å². The van der Waals surface area contributed by atoms with Crippen molar-refractivity contribution in [1.29, 1.82) is 5.26 Å². The van der Waals surface area contributed by atoms with Crippen molar-refractivity contribution in [2.24, 2.45) is 5.73 Å². The molecule has 0 aliphatic carbocycles. The molecule has 0 radical (unpaired) electrons. The first-order valence-corrected chi connectivity index (χ1v) is 4.89. The molecule has 68 valence electrons. The van der Waals surface area contributed by atoms with Gasteiger partial charge >= 0.3 is 0 Å². The highest BCUT2D eigenvalue weighted by Crippen LogP contribution is 2.26. The van der Waals surface area contributed by atoms with Gasteiger partial charge in [-0.1, -0.05) is 17.7 Å². The topological polar surface area (TPSA) is 49.8 Å². The van der Waals surface area contributed by atoms with Crippen LogP contribution in [0.1, 0.15) is 18.0 Å². The minimum Gasteiger partial charge on any atom is -0.323 e. The smallest absolute Gasteiger partial charge is 0.0641 e. The highest BCUT2D eigenvalue weighted by molar-refractivity contribution is 9.10. The molecule has 0 spiro atoms. The molecule has 0 saturated heterocycles. The summed E-state index contributed by atoms with van der Waals surface area (Å²) in [4.78, 5) is 0. The molecule has 13 heavy (non-hydrogen) atoms. The lowest BCUT2D eigenvalue weighted by Gasteiger charge is -2.08. The van der Waals surface area contributed by atoms with Gasteiger partial charge in [0.15, 0.2) is 0 Å². The number of halogens is 2. The lowest BCUT2D eigenvalue weighted by molar-refractivity contribution is 0.748. The van der Waals surface area contributed by atoms with Crippen molar-refractivity contribution >= 4 is 27.5 Å². The van der Waals surface area contributed by atoms with Crippen LogP contribution in [-0.2, 0) is 0 Å². The summed E-state index contributed by atoms with van der Waals surface area (Å²) in [5.41, 5.74) is 6.61. The third kappa shape index (κ3) is 2.70. The van der Waals surface area contributed by atoms with Gasteiger partial charge in [0.2, 0.25) is 0 Å². The van der Waals surface area contributed by atoms with Crippen molar-refractivity contribution in [3.8, 4) is 6.07 Å². The van der Waals surface area contributed by atoms with E-state index >= 15 is 0 Å². The lowest BCUT2D eigenvalue weighted by atomic mass is 10.1. The Balaban J connectivity index is 2.91. The standard InChI is InChI=1S/C9H8BrClN2/c10-7-2-1-6(5-8(7)11)9(13)3-4-12/h1-2,5,9H,3,13H2. The van der Waals surface area contributed by atoms with Crippen molar-refractivity contribution in [2.45, 2.75) is 12.5 Å². The second-order valence-electron chi connectivity index (χ2n) is 2.64. The molecule has 0 fully saturated rings. The van der Waals surface area contributed by atoms with Crippen LogP contribution in [0.2, 0.25) is 5.02 Å². The van der Waals surface area contributed by atoms with Gasteiger partial charge in [-0.2, -0.15) is 5.26 Å². The van der Waals surface area contributed by atoms with Gasteiger partial charge in [0.25, 0.3) is 0 Å². The van der Waals surface area contributed by atoms with E-state index in [1.807, 2.05) is 18.2 Å². The number of hydrogen-bond acceptors (Lipinski definition) is 2. The fraction of sp³-hybridized carbons (Fsp3) is 0.222. The molecule has 1 unspecified atom stereocenters. The Bertz CT molecular complexity index is 346. The number of rotatable bonds is 2. The Morgan fingerprint density at radius 1 is 1.62 bits per heavy atom. The highest BCUT2D eigenvalue weighted by atomic mass is 79.9. The Hall–Kier alpha value is -0.560. The first-order valence-electron chi connectivity index (χ1n) is 3.72. The van der Waals surface area contributed by atoms with Gasteiger partial charge in [-0.05, 0) is 33.6 Å². The first-order chi connectivity index (χ1) is 6.15. The lowest BCUT2D eigenvalue weighted by Crippen LogP contribution is -2.08. The zero-order chi connectivity index (χ0) is 9.84. The molecule has 1 aromatic carbocycles. The van der Waals surface area contributed by atoms with E-state index in [1.54, 1.807) is 6.07 Å². The monoisotopic (exact) mass is 258 g/mol. The summed E-state index contributed by atoms with van der Waals surface area (Å²) in [7, 11) is 0. The summed E-state index contributed by atoms with van der Waals surface area (Å²) in [6.45, 7) is 0. The predicted molar refractivity (Wildman–Crippen MR) is 56.3 cm³/mol. The number of hydrogen-bond donors (Lipinski definition) is 1. The van der Waals surface area contributed by atoms with E-state index in [0.29, 0.717) is 11.4 Å². The van der Waals surface area contributed by atoms with Gasteiger partial charge in [-0.15, -0.1) is 0 Å². The number of nitrogens with two attached hydrogens (primary N) is 1. The quantitative estimate of drug-likeness (QED) is 0.887. The zero-order valence-corrected chi connectivity index (χ0v) is 9.14. The summed E-state index contributed by atoms with van der Waals surface area (Å²) in [6, 6.07) is 7.22. The third-order valence-electron chi connectivity index (χ3n) is 1.68. The van der Waals surface area contributed by atoms with Crippen LogP contribution in [-0.4, -0.2) is 0 Å². The number of nitrogens with zero attached hydrogens (tertiary/aromatic N) is 1. The van der Waals surface area contributed by atoms with Gasteiger partial charge in [-0.25, -0.2) is 0 Å². The van der Waals surface area contributed by atoms with Crippen LogP contribution >= 0.6 is 27.5 Å². The first kappa shape index (κ1) is 10.5. The van der Waals surface area contributed by atoms with E-state index in [9.17, 15) is 0 Å². The van der Waals surface area contributed by atoms with E-state index < -0.39 is 0 Å². The normalized spacial score (nSPS) is 12.2. The molecular formula is C9H8BrClN2. The largest absolute Gasteiger partial charge is 0.323 e. The second kappa shape index (κ2) is 4.61. The van der Waals surface area contributed by atoms with E-state index in [1.165, 1.54) is 0 Å². The SMILES string of the molecule is N#CCC(N)c1ccc(Br)c(Cl)c1. The van der Waals surface area contributed by atoms with E-state index in [0.717, 1.165) is 10.0 Å². The van der Waals surface area contributed by atoms with Crippen LogP contribution in [0.3, 0.4) is 0 Å². The molecule has 1 atom stereocenters. The predicted octanol–water partition coefficient (Wildman–Crippen LogP) is 3.02. The molecule has 2 nitrogen and oxygen atoms in total. The van der Waals surface area contributed by atoms with Crippen LogP contribution in [0.4, 0.5) is 0 Å². The average Bonchev–Trinajstić information content (AvgIpc) is 2.10. The third-order valence-corrected chi connectivity index (χ3v) is 2.92. The minimum atomic E-state index is -0.254. The Kier molecular flexibility index (Phi) is 3.73. The van der Waals surface area contributed by atoms with E-state index in [-0.39, 0.29) is 6.04 Å². The van der Waals surface area contributed by atoms with Gasteiger partial charge in [-0.3, -0.25) is 0 Å². The molecule has 1 aromatic rings. The molecule has 1 rings (SSSR count). The van der Waals surface area contributed by atoms with Gasteiger partial charge in [0.05, 0.1) is 17.5 Å². The van der Waals surface area contributed by atoms with Crippen LogP contribution in [0, 0.1) is 11.3 Å². The van der Waals surface area contributed by atoms with Gasteiger partial charge in [0, 0.05) is 10.5 Å². The van der Waals surface area contributed by atoms with Crippen molar-refractivity contribution in [1.82, 2.24) is 0 Å². The van der Waals surface area contributed by atoms with Gasteiger partial charge in [0.1, 0.15) is 0 Å². The second-order valence-corrected chi connectivity index (χ2v) is 3.90. The fourth-order valence-electron chi connectivity index (χ4n) is 0.959. The van der Waals surface area contributed by atoms with E-state index in [2.05, 4.69) is 15.9 Å². The number of nitriles is 1. The highest BCUT2D eigenvalue weighted by Gasteiger charge is 2.06. The molecule has 2 N–H and O–H groups in total. The van der Waals surface area contributed by atoms with Gasteiger partial charge < -0.3 is 5.73 Å². The summed E-state index contributed by atoms with van der Waals surface area (Å²) < 4.78 is 0.835. The summed E-state index contributed by atoms with van der Waals surface area (Å²) in [6.07, 6.45) is 0.304. The minimum absolute atomic E-state index is 0.254. The molecule has 0 amide bonds. The summed E-state index contributed by atoms with van der Waals surface area (Å²) in [5, 5.41) is 9.07. The maximum atomic E-state index is 8.45. The molecular weight excluding hydrogens is 251 g/mol. The number of benzene rings is 1. The Morgan fingerprint density at radius 3 is 2.85 bits per heavy atom.